The fraction of sp³-hybridized carbons (Fsp3) is 0.364. The molecule has 1 aliphatic heterocycles. The van der Waals surface area contributed by atoms with Gasteiger partial charge in [-0.1, -0.05) is 0 Å². The molecule has 3 heterocycles. The van der Waals surface area contributed by atoms with Crippen LogP contribution in [0.3, 0.4) is 0 Å². The number of nitrogen functional groups attached to an aromatic ring is 1. The monoisotopic (exact) mass is 264 g/mol. The number of hydrogen-bond acceptors (Lipinski definition) is 5. The van der Waals surface area contributed by atoms with Crippen molar-refractivity contribution in [3.05, 3.63) is 17.8 Å². The average Bonchev–Trinajstić information content (AvgIpc) is 2.90. The highest BCUT2D eigenvalue weighted by atomic mass is 19.1. The summed E-state index contributed by atoms with van der Waals surface area (Å²) in [6.07, 6.45) is 1.27. The molecule has 1 saturated heterocycles. The average molecular weight is 264 g/mol. The number of primary amides is 1. The number of fused-ring (bicyclic) bond motifs is 1. The predicted octanol–water partition coefficient (Wildman–Crippen LogP) is -0.0414. The molecule has 0 bridgehead atoms. The van der Waals surface area contributed by atoms with Gasteiger partial charge in [0.25, 0.3) is 5.91 Å². The van der Waals surface area contributed by atoms with Crippen molar-refractivity contribution in [1.29, 1.82) is 0 Å². The number of nitrogens with zero attached hydrogens (tertiary/aromatic N) is 4. The Morgan fingerprint density at radius 1 is 1.53 bits per heavy atom. The number of hydrogen-bond donors (Lipinski definition) is 2. The highest BCUT2D eigenvalue weighted by Gasteiger charge is 2.24. The van der Waals surface area contributed by atoms with Crippen LogP contribution < -0.4 is 16.4 Å². The van der Waals surface area contributed by atoms with Crippen molar-refractivity contribution in [3.63, 3.8) is 0 Å². The van der Waals surface area contributed by atoms with E-state index in [1.54, 1.807) is 12.3 Å². The van der Waals surface area contributed by atoms with Crippen molar-refractivity contribution < 1.29 is 9.18 Å². The molecule has 1 fully saturated rings. The van der Waals surface area contributed by atoms with Gasteiger partial charge in [-0.15, -0.1) is 5.10 Å². The molecule has 2 aromatic rings. The van der Waals surface area contributed by atoms with E-state index in [2.05, 4.69) is 10.1 Å². The van der Waals surface area contributed by atoms with Crippen molar-refractivity contribution in [2.24, 2.45) is 5.73 Å². The van der Waals surface area contributed by atoms with E-state index in [0.29, 0.717) is 31.0 Å². The largest absolute Gasteiger partial charge is 0.381 e. The molecule has 0 saturated carbocycles. The van der Waals surface area contributed by atoms with Crippen LogP contribution in [0.4, 0.5) is 16.0 Å². The Balaban J connectivity index is 2.09. The first kappa shape index (κ1) is 11.7. The lowest BCUT2D eigenvalue weighted by molar-refractivity contribution is 0.100. The predicted molar refractivity (Wildman–Crippen MR) is 67.6 cm³/mol. The second-order valence-electron chi connectivity index (χ2n) is 4.51. The molecule has 1 aliphatic rings. The van der Waals surface area contributed by atoms with Gasteiger partial charge in [0, 0.05) is 12.7 Å². The summed E-state index contributed by atoms with van der Waals surface area (Å²) >= 11 is 0. The first-order valence-electron chi connectivity index (χ1n) is 5.90. The van der Waals surface area contributed by atoms with Crippen LogP contribution in [0.15, 0.2) is 12.3 Å². The summed E-state index contributed by atoms with van der Waals surface area (Å²) in [6, 6.07) is 1.71. The maximum Gasteiger partial charge on any atom is 0.256 e. The molecule has 4 N–H and O–H groups in total. The van der Waals surface area contributed by atoms with E-state index in [1.165, 1.54) is 4.52 Å². The molecule has 0 aromatic carbocycles. The van der Waals surface area contributed by atoms with Crippen LogP contribution in [0.1, 0.15) is 16.8 Å². The van der Waals surface area contributed by atoms with E-state index in [1.807, 2.05) is 4.90 Å². The van der Waals surface area contributed by atoms with Crippen LogP contribution in [0, 0.1) is 0 Å². The SMILES string of the molecule is NC(=O)c1c(N)nn2ccc(N3CCC(F)C3)nc12. The quantitative estimate of drug-likeness (QED) is 0.792. The first-order chi connectivity index (χ1) is 9.06. The van der Waals surface area contributed by atoms with E-state index in [9.17, 15) is 9.18 Å². The maximum atomic E-state index is 13.2. The van der Waals surface area contributed by atoms with Gasteiger partial charge < -0.3 is 16.4 Å². The smallest absolute Gasteiger partial charge is 0.256 e. The molecule has 7 nitrogen and oxygen atoms in total. The Morgan fingerprint density at radius 3 is 2.95 bits per heavy atom. The molecule has 1 unspecified atom stereocenters. The zero-order chi connectivity index (χ0) is 13.6. The zero-order valence-corrected chi connectivity index (χ0v) is 10.1. The van der Waals surface area contributed by atoms with Crippen LogP contribution in [-0.2, 0) is 0 Å². The molecule has 2 aromatic heterocycles. The van der Waals surface area contributed by atoms with Crippen molar-refractivity contribution in [2.75, 3.05) is 23.7 Å². The fourth-order valence-electron chi connectivity index (χ4n) is 2.27. The topological polar surface area (TPSA) is 103 Å². The molecule has 1 amide bonds. The molecular formula is C11H13FN6O. The van der Waals surface area contributed by atoms with E-state index in [-0.39, 0.29) is 11.4 Å². The Bertz CT molecular complexity index is 654. The van der Waals surface area contributed by atoms with Crippen molar-refractivity contribution in [2.45, 2.75) is 12.6 Å². The first-order valence-corrected chi connectivity index (χ1v) is 5.90. The summed E-state index contributed by atoms with van der Waals surface area (Å²) in [4.78, 5) is 17.5. The number of anilines is 2. The summed E-state index contributed by atoms with van der Waals surface area (Å²) in [5.41, 5.74) is 11.3. The molecule has 0 radical (unpaired) electrons. The van der Waals surface area contributed by atoms with Gasteiger partial charge in [-0.05, 0) is 12.5 Å². The van der Waals surface area contributed by atoms with Crippen LogP contribution >= 0.6 is 0 Å². The second kappa shape index (κ2) is 4.08. The molecule has 1 atom stereocenters. The van der Waals surface area contributed by atoms with Crippen LogP contribution in [0.25, 0.3) is 5.65 Å². The van der Waals surface area contributed by atoms with Crippen molar-refractivity contribution in [1.82, 2.24) is 14.6 Å². The number of carbonyl (C=O) groups is 1. The van der Waals surface area contributed by atoms with Gasteiger partial charge in [-0.25, -0.2) is 13.9 Å². The van der Waals surface area contributed by atoms with E-state index in [4.69, 9.17) is 11.5 Å². The van der Waals surface area contributed by atoms with Crippen LogP contribution in [0.2, 0.25) is 0 Å². The van der Waals surface area contributed by atoms with Gasteiger partial charge in [0.2, 0.25) is 0 Å². The highest BCUT2D eigenvalue weighted by molar-refractivity contribution is 6.03. The highest BCUT2D eigenvalue weighted by Crippen LogP contribution is 2.22. The lowest BCUT2D eigenvalue weighted by atomic mass is 10.3. The number of halogens is 1. The molecular weight excluding hydrogens is 251 g/mol. The van der Waals surface area contributed by atoms with E-state index < -0.39 is 12.1 Å². The van der Waals surface area contributed by atoms with Crippen molar-refractivity contribution in [3.8, 4) is 0 Å². The third-order valence-corrected chi connectivity index (χ3v) is 3.20. The molecule has 100 valence electrons. The maximum absolute atomic E-state index is 13.2. The Hall–Kier alpha value is -2.38. The Labute approximate surface area is 108 Å². The molecule has 0 spiro atoms. The minimum Gasteiger partial charge on any atom is -0.381 e. The number of rotatable bonds is 2. The summed E-state index contributed by atoms with van der Waals surface area (Å²) in [7, 11) is 0. The van der Waals surface area contributed by atoms with Gasteiger partial charge in [-0.3, -0.25) is 4.79 Å². The zero-order valence-electron chi connectivity index (χ0n) is 10.1. The van der Waals surface area contributed by atoms with Crippen LogP contribution in [-0.4, -0.2) is 39.8 Å². The van der Waals surface area contributed by atoms with Crippen molar-refractivity contribution >= 4 is 23.2 Å². The number of carbonyl (C=O) groups excluding carboxylic acids is 1. The number of alkyl halides is 1. The van der Waals surface area contributed by atoms with Crippen LogP contribution in [0.5, 0.6) is 0 Å². The normalized spacial score (nSPS) is 19.2. The summed E-state index contributed by atoms with van der Waals surface area (Å²) in [6.45, 7) is 0.901. The van der Waals surface area contributed by atoms with E-state index >= 15 is 0 Å². The minimum absolute atomic E-state index is 0.0435. The fourth-order valence-corrected chi connectivity index (χ4v) is 2.27. The third kappa shape index (κ3) is 1.85. The Morgan fingerprint density at radius 2 is 2.32 bits per heavy atom. The van der Waals surface area contributed by atoms with Gasteiger partial charge >= 0.3 is 0 Å². The van der Waals surface area contributed by atoms with Gasteiger partial charge in [-0.2, -0.15) is 0 Å². The number of nitrogens with two attached hydrogens (primary N) is 2. The summed E-state index contributed by atoms with van der Waals surface area (Å²) in [5.74, 6) is -0.0427. The summed E-state index contributed by atoms with van der Waals surface area (Å²) in [5, 5.41) is 3.96. The lowest BCUT2D eigenvalue weighted by Gasteiger charge is -2.15. The molecule has 8 heteroatoms. The standard InChI is InChI=1S/C11H13FN6O/c12-6-1-3-17(5-6)7-2-4-18-11(15-7)8(10(14)19)9(13)16-18/h2,4,6H,1,3,5H2,(H2,13,16)(H2,14,19). The minimum atomic E-state index is -0.844. The molecule has 0 aliphatic carbocycles. The summed E-state index contributed by atoms with van der Waals surface area (Å²) < 4.78 is 14.6. The lowest BCUT2D eigenvalue weighted by Crippen LogP contribution is -2.21. The Kier molecular flexibility index (Phi) is 2.51. The second-order valence-corrected chi connectivity index (χ2v) is 4.51. The molecule has 3 rings (SSSR count). The van der Waals surface area contributed by atoms with Gasteiger partial charge in [0.15, 0.2) is 11.5 Å². The van der Waals surface area contributed by atoms with Gasteiger partial charge in [0.1, 0.15) is 17.6 Å². The van der Waals surface area contributed by atoms with E-state index in [0.717, 1.165) is 0 Å². The molecule has 19 heavy (non-hydrogen) atoms. The number of aromatic nitrogens is 3. The number of amides is 1. The van der Waals surface area contributed by atoms with Gasteiger partial charge in [0.05, 0.1) is 6.54 Å². The third-order valence-electron chi connectivity index (χ3n) is 3.20.